The summed E-state index contributed by atoms with van der Waals surface area (Å²) in [5, 5.41) is 3.83. The number of hydrogen-bond acceptors (Lipinski definition) is 5. The Kier molecular flexibility index (Phi) is 6.35. The summed E-state index contributed by atoms with van der Waals surface area (Å²) in [6.45, 7) is 3.06. The summed E-state index contributed by atoms with van der Waals surface area (Å²) < 4.78 is 32.3. The lowest BCUT2D eigenvalue weighted by Crippen LogP contribution is -2.39. The van der Waals surface area contributed by atoms with Crippen LogP contribution in [0.1, 0.15) is 13.8 Å². The van der Waals surface area contributed by atoms with Gasteiger partial charge < -0.3 is 4.74 Å². The molecule has 2 aromatic carbocycles. The molecule has 0 unspecified atom stereocenters. The number of carbonyl (C=O) groups is 1. The Balaban J connectivity index is 2.38. The molecule has 0 radical (unpaired) electrons. The first kappa shape index (κ1) is 19.5. The van der Waals surface area contributed by atoms with Crippen molar-refractivity contribution in [3.05, 3.63) is 54.6 Å². The maximum absolute atomic E-state index is 13.1. The van der Waals surface area contributed by atoms with Gasteiger partial charge in [-0.2, -0.15) is 5.10 Å². The Hall–Kier alpha value is -2.87. The van der Waals surface area contributed by atoms with E-state index in [-0.39, 0.29) is 4.90 Å². The third kappa shape index (κ3) is 4.82. The fraction of sp³-hybridized carbons (Fsp3) is 0.222. The lowest BCUT2D eigenvalue weighted by molar-refractivity contribution is -0.119. The highest BCUT2D eigenvalue weighted by Crippen LogP contribution is 2.24. The molecule has 0 atom stereocenters. The number of anilines is 1. The molecule has 7 nitrogen and oxygen atoms in total. The maximum Gasteiger partial charge on any atom is 0.264 e. The standard InChI is InChI=1S/C18H21N3O4S/c1-14(2)19-20-18(22)13-21(15-7-5-4-6-8-15)26(23,24)17-11-9-16(25-3)10-12-17/h4-12H,13H2,1-3H3,(H,20,22). The molecule has 1 N–H and O–H groups in total. The van der Waals surface area contributed by atoms with Crippen molar-refractivity contribution in [1.82, 2.24) is 5.43 Å². The average Bonchev–Trinajstić information content (AvgIpc) is 2.65. The van der Waals surface area contributed by atoms with Crippen LogP contribution in [0.25, 0.3) is 0 Å². The van der Waals surface area contributed by atoms with E-state index in [0.717, 1.165) is 4.31 Å². The summed E-state index contributed by atoms with van der Waals surface area (Å²) >= 11 is 0. The zero-order valence-corrected chi connectivity index (χ0v) is 15.7. The van der Waals surface area contributed by atoms with Crippen LogP contribution < -0.4 is 14.5 Å². The topological polar surface area (TPSA) is 88.1 Å². The summed E-state index contributed by atoms with van der Waals surface area (Å²) in [4.78, 5) is 12.2. The van der Waals surface area contributed by atoms with E-state index >= 15 is 0 Å². The van der Waals surface area contributed by atoms with E-state index in [1.807, 2.05) is 0 Å². The highest BCUT2D eigenvalue weighted by Gasteiger charge is 2.27. The van der Waals surface area contributed by atoms with E-state index in [1.165, 1.54) is 19.2 Å². The van der Waals surface area contributed by atoms with Crippen LogP contribution in [0.2, 0.25) is 0 Å². The minimum absolute atomic E-state index is 0.0603. The minimum Gasteiger partial charge on any atom is -0.497 e. The smallest absolute Gasteiger partial charge is 0.264 e. The summed E-state index contributed by atoms with van der Waals surface area (Å²) in [6, 6.07) is 14.4. The van der Waals surface area contributed by atoms with Gasteiger partial charge in [0.1, 0.15) is 12.3 Å². The highest BCUT2D eigenvalue weighted by molar-refractivity contribution is 7.92. The number of hydrogen-bond donors (Lipinski definition) is 1. The molecule has 0 aromatic heterocycles. The maximum atomic E-state index is 13.1. The van der Waals surface area contributed by atoms with Crippen molar-refractivity contribution < 1.29 is 17.9 Å². The highest BCUT2D eigenvalue weighted by atomic mass is 32.2. The van der Waals surface area contributed by atoms with Gasteiger partial charge in [0.25, 0.3) is 15.9 Å². The largest absolute Gasteiger partial charge is 0.497 e. The summed E-state index contributed by atoms with van der Waals surface area (Å²) in [5.41, 5.74) is 3.39. The van der Waals surface area contributed by atoms with Gasteiger partial charge >= 0.3 is 0 Å². The molecule has 0 fully saturated rings. The fourth-order valence-corrected chi connectivity index (χ4v) is 3.55. The van der Waals surface area contributed by atoms with Crippen LogP contribution in [0, 0.1) is 0 Å². The second-order valence-corrected chi connectivity index (χ2v) is 7.48. The molecule has 0 aliphatic rings. The Morgan fingerprint density at radius 1 is 1.08 bits per heavy atom. The van der Waals surface area contributed by atoms with Crippen molar-refractivity contribution in [2.45, 2.75) is 18.7 Å². The van der Waals surface area contributed by atoms with Crippen molar-refractivity contribution in [2.75, 3.05) is 18.0 Å². The van der Waals surface area contributed by atoms with E-state index in [1.54, 1.807) is 56.3 Å². The molecule has 1 amide bonds. The molecule has 138 valence electrons. The molecule has 0 aliphatic heterocycles. The van der Waals surface area contributed by atoms with Crippen LogP contribution in [-0.4, -0.2) is 33.7 Å². The molecule has 0 aliphatic carbocycles. The number of ether oxygens (including phenoxy) is 1. The fourth-order valence-electron chi connectivity index (χ4n) is 2.12. The van der Waals surface area contributed by atoms with Gasteiger partial charge in [-0.25, -0.2) is 13.8 Å². The van der Waals surface area contributed by atoms with Gasteiger partial charge in [-0.15, -0.1) is 0 Å². The first-order valence-corrected chi connectivity index (χ1v) is 9.30. The van der Waals surface area contributed by atoms with Crippen molar-refractivity contribution in [2.24, 2.45) is 5.10 Å². The second-order valence-electron chi connectivity index (χ2n) is 5.62. The predicted molar refractivity (Wildman–Crippen MR) is 101 cm³/mol. The van der Waals surface area contributed by atoms with E-state index in [4.69, 9.17) is 4.74 Å². The second kappa shape index (κ2) is 8.48. The van der Waals surface area contributed by atoms with Gasteiger partial charge in [-0.1, -0.05) is 18.2 Å². The lowest BCUT2D eigenvalue weighted by Gasteiger charge is -2.23. The minimum atomic E-state index is -3.94. The van der Waals surface area contributed by atoms with E-state index in [2.05, 4.69) is 10.5 Å². The van der Waals surface area contributed by atoms with Gasteiger partial charge in [0, 0.05) is 5.71 Å². The molecule has 0 saturated heterocycles. The van der Waals surface area contributed by atoms with Gasteiger partial charge in [-0.05, 0) is 50.2 Å². The first-order valence-electron chi connectivity index (χ1n) is 7.86. The first-order chi connectivity index (χ1) is 12.3. The van der Waals surface area contributed by atoms with Crippen molar-refractivity contribution in [3.8, 4) is 5.75 Å². The molecule has 8 heteroatoms. The zero-order valence-electron chi connectivity index (χ0n) is 14.8. The van der Waals surface area contributed by atoms with Crippen LogP contribution in [0.5, 0.6) is 5.75 Å². The predicted octanol–water partition coefficient (Wildman–Crippen LogP) is 2.40. The summed E-state index contributed by atoms with van der Waals surface area (Å²) in [6.07, 6.45) is 0. The van der Waals surface area contributed by atoms with Crippen LogP contribution in [0.15, 0.2) is 64.6 Å². The lowest BCUT2D eigenvalue weighted by atomic mass is 10.3. The quantitative estimate of drug-likeness (QED) is 0.595. The molecule has 26 heavy (non-hydrogen) atoms. The third-order valence-electron chi connectivity index (χ3n) is 3.38. The van der Waals surface area contributed by atoms with Crippen molar-refractivity contribution in [3.63, 3.8) is 0 Å². The number of rotatable bonds is 7. The summed E-state index contributed by atoms with van der Waals surface area (Å²) in [7, 11) is -2.44. The van der Waals surface area contributed by atoms with Crippen LogP contribution in [0.4, 0.5) is 5.69 Å². The zero-order chi connectivity index (χ0) is 19.2. The number of nitrogens with zero attached hydrogens (tertiary/aromatic N) is 2. The number of benzene rings is 2. The summed E-state index contributed by atoms with van der Waals surface area (Å²) in [5.74, 6) is 0.00727. The molecular weight excluding hydrogens is 354 g/mol. The molecule has 2 rings (SSSR count). The van der Waals surface area contributed by atoms with Gasteiger partial charge in [0.15, 0.2) is 0 Å². The Morgan fingerprint density at radius 3 is 2.23 bits per heavy atom. The van der Waals surface area contributed by atoms with Crippen molar-refractivity contribution >= 4 is 27.3 Å². The van der Waals surface area contributed by atoms with E-state index in [9.17, 15) is 13.2 Å². The number of methoxy groups -OCH3 is 1. The normalized spacial score (nSPS) is 10.7. The van der Waals surface area contributed by atoms with Crippen LogP contribution in [0.3, 0.4) is 0 Å². The van der Waals surface area contributed by atoms with Gasteiger partial charge in [0.05, 0.1) is 17.7 Å². The number of sulfonamides is 1. The number of hydrazone groups is 1. The number of carbonyl (C=O) groups excluding carboxylic acids is 1. The Labute approximate surface area is 153 Å². The molecule has 0 bridgehead atoms. The van der Waals surface area contributed by atoms with E-state index < -0.39 is 22.5 Å². The Bertz CT molecular complexity index is 874. The van der Waals surface area contributed by atoms with Gasteiger partial charge in [0.2, 0.25) is 0 Å². The average molecular weight is 375 g/mol. The molecule has 0 spiro atoms. The van der Waals surface area contributed by atoms with Crippen LogP contribution >= 0.6 is 0 Å². The van der Waals surface area contributed by atoms with E-state index in [0.29, 0.717) is 17.1 Å². The Morgan fingerprint density at radius 2 is 1.69 bits per heavy atom. The molecule has 2 aromatic rings. The number of para-hydroxylation sites is 1. The molecular formula is C18H21N3O4S. The monoisotopic (exact) mass is 375 g/mol. The number of amides is 1. The number of nitrogens with one attached hydrogen (secondary N) is 1. The molecule has 0 saturated carbocycles. The SMILES string of the molecule is COc1ccc(S(=O)(=O)N(CC(=O)NN=C(C)C)c2ccccc2)cc1. The van der Waals surface area contributed by atoms with Gasteiger partial charge in [-0.3, -0.25) is 9.10 Å². The molecule has 0 heterocycles. The third-order valence-corrected chi connectivity index (χ3v) is 5.17. The van der Waals surface area contributed by atoms with Crippen LogP contribution in [-0.2, 0) is 14.8 Å². The van der Waals surface area contributed by atoms with Crippen molar-refractivity contribution in [1.29, 1.82) is 0 Å².